The number of nitrogens with one attached hydrogen (secondary N) is 1. The number of carbonyl (C=O) groups is 1. The maximum atomic E-state index is 13.5. The van der Waals surface area contributed by atoms with Crippen LogP contribution in [-0.2, 0) is 24.0 Å². The standard InChI is InChI=1S/C34H47NO5SSi/c1-7-8-11-16-29(25-28(26-33(36)39-6)35-41(37,38)30-23-21-27(2)22-24-30)40-42(34(3,4)5,31-17-12-9-13-18-31)32-19-14-10-15-20-32/h9-10,12-15,17-24,28-29,35H,7-8,11,16,25-26H2,1-6H3/t28-,29-/m1/s1. The zero-order valence-electron chi connectivity index (χ0n) is 25.9. The maximum absolute atomic E-state index is 13.5. The minimum atomic E-state index is -3.88. The molecule has 6 nitrogen and oxygen atoms in total. The van der Waals surface area contributed by atoms with Crippen molar-refractivity contribution in [1.29, 1.82) is 0 Å². The van der Waals surface area contributed by atoms with E-state index in [0.717, 1.165) is 41.6 Å². The number of ether oxygens (including phenoxy) is 1. The lowest BCUT2D eigenvalue weighted by Gasteiger charge is -2.45. The molecule has 2 atom stereocenters. The summed E-state index contributed by atoms with van der Waals surface area (Å²) in [5.74, 6) is -0.468. The normalized spacial score (nSPS) is 13.9. The largest absolute Gasteiger partial charge is 0.469 e. The first kappa shape index (κ1) is 33.7. The first-order valence-corrected chi connectivity index (χ1v) is 18.3. The van der Waals surface area contributed by atoms with Gasteiger partial charge in [-0.15, -0.1) is 0 Å². The summed E-state index contributed by atoms with van der Waals surface area (Å²) in [7, 11) is -5.46. The highest BCUT2D eigenvalue weighted by Crippen LogP contribution is 2.38. The molecule has 3 aromatic rings. The van der Waals surface area contributed by atoms with Gasteiger partial charge in [-0.05, 0) is 47.3 Å². The van der Waals surface area contributed by atoms with Gasteiger partial charge < -0.3 is 9.16 Å². The molecule has 0 fully saturated rings. The summed E-state index contributed by atoms with van der Waals surface area (Å²) in [5, 5.41) is 2.08. The minimum Gasteiger partial charge on any atom is -0.469 e. The van der Waals surface area contributed by atoms with Crippen molar-refractivity contribution in [1.82, 2.24) is 4.72 Å². The van der Waals surface area contributed by atoms with Crippen molar-refractivity contribution in [3.63, 3.8) is 0 Å². The summed E-state index contributed by atoms with van der Waals surface area (Å²) in [6.07, 6.45) is 3.75. The molecule has 228 valence electrons. The molecule has 3 rings (SSSR count). The molecule has 0 saturated carbocycles. The summed E-state index contributed by atoms with van der Waals surface area (Å²) < 4.78 is 42.2. The maximum Gasteiger partial charge on any atom is 0.307 e. The first-order chi connectivity index (χ1) is 19.9. The second kappa shape index (κ2) is 15.1. The monoisotopic (exact) mass is 609 g/mol. The number of benzene rings is 3. The van der Waals surface area contributed by atoms with Crippen LogP contribution in [0.25, 0.3) is 0 Å². The fourth-order valence-electron chi connectivity index (χ4n) is 5.57. The Morgan fingerprint density at radius 3 is 1.90 bits per heavy atom. The summed E-state index contributed by atoms with van der Waals surface area (Å²) >= 11 is 0. The molecule has 0 spiro atoms. The van der Waals surface area contributed by atoms with Crippen molar-refractivity contribution in [3.05, 3.63) is 90.5 Å². The third-order valence-corrected chi connectivity index (χ3v) is 14.4. The van der Waals surface area contributed by atoms with Crippen LogP contribution < -0.4 is 15.1 Å². The van der Waals surface area contributed by atoms with E-state index in [-0.39, 0.29) is 22.5 Å². The molecule has 1 N–H and O–H groups in total. The molecule has 0 aliphatic heterocycles. The number of unbranched alkanes of at least 4 members (excludes halogenated alkanes) is 2. The predicted molar refractivity (Wildman–Crippen MR) is 173 cm³/mol. The number of methoxy groups -OCH3 is 1. The van der Waals surface area contributed by atoms with Crippen molar-refractivity contribution in [2.45, 2.75) is 95.2 Å². The van der Waals surface area contributed by atoms with Gasteiger partial charge in [-0.1, -0.05) is 125 Å². The molecule has 0 unspecified atom stereocenters. The van der Waals surface area contributed by atoms with Crippen LogP contribution in [0.2, 0.25) is 5.04 Å². The molecule has 42 heavy (non-hydrogen) atoms. The van der Waals surface area contributed by atoms with Crippen LogP contribution in [-0.4, -0.2) is 42.0 Å². The number of carbonyl (C=O) groups excluding carboxylic acids is 1. The molecule has 0 radical (unpaired) electrons. The van der Waals surface area contributed by atoms with Gasteiger partial charge in [0.25, 0.3) is 8.32 Å². The highest BCUT2D eigenvalue weighted by molar-refractivity contribution is 7.89. The number of aryl methyl sites for hydroxylation is 1. The Hall–Kier alpha value is -2.78. The Kier molecular flexibility index (Phi) is 12.1. The topological polar surface area (TPSA) is 81.7 Å². The number of esters is 1. The Balaban J connectivity index is 2.07. The highest BCUT2D eigenvalue weighted by atomic mass is 32.2. The molecule has 0 bridgehead atoms. The van der Waals surface area contributed by atoms with Crippen LogP contribution in [0.15, 0.2) is 89.8 Å². The average Bonchev–Trinajstić information content (AvgIpc) is 2.96. The molecular weight excluding hydrogens is 563 g/mol. The number of sulfonamides is 1. The van der Waals surface area contributed by atoms with Crippen LogP contribution in [0, 0.1) is 6.92 Å². The Bertz CT molecular complexity index is 1320. The van der Waals surface area contributed by atoms with Gasteiger partial charge in [0.1, 0.15) is 0 Å². The van der Waals surface area contributed by atoms with Crippen LogP contribution >= 0.6 is 0 Å². The fourth-order valence-corrected chi connectivity index (χ4v) is 11.5. The van der Waals surface area contributed by atoms with Crippen LogP contribution in [0.3, 0.4) is 0 Å². The summed E-state index contributed by atoms with van der Waals surface area (Å²) in [6, 6.07) is 26.9. The van der Waals surface area contributed by atoms with Gasteiger partial charge in [-0.3, -0.25) is 4.79 Å². The molecule has 0 heterocycles. The Morgan fingerprint density at radius 1 is 0.881 bits per heavy atom. The average molecular weight is 610 g/mol. The van der Waals surface area contributed by atoms with Gasteiger partial charge in [-0.25, -0.2) is 13.1 Å². The number of hydrogen-bond acceptors (Lipinski definition) is 5. The van der Waals surface area contributed by atoms with Crippen molar-refractivity contribution in [2.24, 2.45) is 0 Å². The summed E-state index contributed by atoms with van der Waals surface area (Å²) in [4.78, 5) is 12.7. The molecule has 3 aromatic carbocycles. The van der Waals surface area contributed by atoms with E-state index in [1.807, 2.05) is 19.1 Å². The Morgan fingerprint density at radius 2 is 1.43 bits per heavy atom. The van der Waals surface area contributed by atoms with Gasteiger partial charge in [0, 0.05) is 12.1 Å². The third-order valence-electron chi connectivity index (χ3n) is 7.73. The Labute approximate surface area is 254 Å². The van der Waals surface area contributed by atoms with Crippen molar-refractivity contribution < 1.29 is 22.4 Å². The SMILES string of the molecule is CCCCC[C@H](C[C@H](CC(=O)OC)NS(=O)(=O)c1ccc(C)cc1)O[Si](c1ccccc1)(c1ccccc1)C(C)(C)C. The quantitative estimate of drug-likeness (QED) is 0.128. The van der Waals surface area contributed by atoms with Crippen LogP contribution in [0.5, 0.6) is 0 Å². The molecule has 0 saturated heterocycles. The summed E-state index contributed by atoms with van der Waals surface area (Å²) in [6.45, 7) is 10.8. The van der Waals surface area contributed by atoms with Crippen molar-refractivity contribution in [3.8, 4) is 0 Å². The fraction of sp³-hybridized carbons (Fsp3) is 0.441. The number of rotatable bonds is 15. The van der Waals surface area contributed by atoms with Gasteiger partial charge in [0.2, 0.25) is 10.0 Å². The van der Waals surface area contributed by atoms with E-state index in [4.69, 9.17) is 9.16 Å². The molecule has 0 aromatic heterocycles. The molecular formula is C34H47NO5SSi. The second-order valence-corrected chi connectivity index (χ2v) is 18.0. The molecule has 0 amide bonds. The van der Waals surface area contributed by atoms with Crippen LogP contribution in [0.1, 0.15) is 71.8 Å². The van der Waals surface area contributed by atoms with Gasteiger partial charge >= 0.3 is 5.97 Å². The van der Waals surface area contributed by atoms with E-state index in [9.17, 15) is 13.2 Å². The van der Waals surface area contributed by atoms with E-state index < -0.39 is 30.4 Å². The van der Waals surface area contributed by atoms with E-state index in [1.165, 1.54) is 7.11 Å². The van der Waals surface area contributed by atoms with Gasteiger partial charge in [0.15, 0.2) is 0 Å². The van der Waals surface area contributed by atoms with E-state index in [0.29, 0.717) is 6.42 Å². The van der Waals surface area contributed by atoms with Gasteiger partial charge in [-0.2, -0.15) is 0 Å². The third kappa shape index (κ3) is 8.63. The molecule has 0 aliphatic rings. The zero-order valence-corrected chi connectivity index (χ0v) is 27.7. The van der Waals surface area contributed by atoms with Crippen molar-refractivity contribution in [2.75, 3.05) is 7.11 Å². The van der Waals surface area contributed by atoms with Crippen molar-refractivity contribution >= 4 is 34.7 Å². The van der Waals surface area contributed by atoms with E-state index >= 15 is 0 Å². The van der Waals surface area contributed by atoms with Crippen LogP contribution in [0.4, 0.5) is 0 Å². The second-order valence-electron chi connectivity index (χ2n) is 12.0. The lowest BCUT2D eigenvalue weighted by atomic mass is 10.0. The summed E-state index contributed by atoms with van der Waals surface area (Å²) in [5.41, 5.74) is 0.967. The van der Waals surface area contributed by atoms with E-state index in [2.05, 4.69) is 80.9 Å². The predicted octanol–water partition coefficient (Wildman–Crippen LogP) is 6.12. The smallest absolute Gasteiger partial charge is 0.307 e. The van der Waals surface area contributed by atoms with Gasteiger partial charge in [0.05, 0.1) is 18.4 Å². The highest BCUT2D eigenvalue weighted by Gasteiger charge is 2.51. The number of hydrogen-bond donors (Lipinski definition) is 1. The lowest BCUT2D eigenvalue weighted by molar-refractivity contribution is -0.141. The van der Waals surface area contributed by atoms with E-state index in [1.54, 1.807) is 24.3 Å². The lowest BCUT2D eigenvalue weighted by Crippen LogP contribution is -2.68. The first-order valence-electron chi connectivity index (χ1n) is 14.9. The molecule has 0 aliphatic carbocycles. The molecule has 8 heteroatoms. The zero-order chi connectivity index (χ0) is 30.8. The minimum absolute atomic E-state index is 0.0873.